The Morgan fingerprint density at radius 3 is 2.95 bits per heavy atom. The summed E-state index contributed by atoms with van der Waals surface area (Å²) in [5.41, 5.74) is 3.00. The second kappa shape index (κ2) is 4.81. The molecule has 5 heteroatoms. The molecule has 2 aromatic heterocycles. The molecule has 0 amide bonds. The summed E-state index contributed by atoms with van der Waals surface area (Å²) in [7, 11) is 0. The second-order valence-electron chi connectivity index (χ2n) is 5.27. The van der Waals surface area contributed by atoms with E-state index in [2.05, 4.69) is 21.6 Å². The third-order valence-corrected chi connectivity index (χ3v) is 3.67. The van der Waals surface area contributed by atoms with Crippen LogP contribution in [-0.4, -0.2) is 24.4 Å². The third-order valence-electron chi connectivity index (χ3n) is 3.67. The van der Waals surface area contributed by atoms with Gasteiger partial charge in [0.25, 0.3) is 0 Å². The van der Waals surface area contributed by atoms with Crippen LogP contribution in [0.2, 0.25) is 0 Å². The first kappa shape index (κ1) is 12.4. The molecule has 2 aromatic rings. The van der Waals surface area contributed by atoms with Crippen molar-refractivity contribution in [1.29, 1.82) is 0 Å². The van der Waals surface area contributed by atoms with E-state index in [9.17, 15) is 5.11 Å². The van der Waals surface area contributed by atoms with Gasteiger partial charge >= 0.3 is 0 Å². The standard InChI is InChI=1S/C14H20N4O/c1-3-18-12(6-10(2)16-18)7-14(19)13-8-15-9-17(13)11-4-5-11/h6,8-9,11,14,19H,3-5,7H2,1-2H3. The van der Waals surface area contributed by atoms with Crippen LogP contribution in [0.15, 0.2) is 18.6 Å². The van der Waals surface area contributed by atoms with Crippen molar-refractivity contribution in [2.75, 3.05) is 0 Å². The molecule has 102 valence electrons. The third kappa shape index (κ3) is 2.42. The zero-order valence-electron chi connectivity index (χ0n) is 11.5. The maximum Gasteiger partial charge on any atom is 0.101 e. The van der Waals surface area contributed by atoms with Crippen molar-refractivity contribution in [2.45, 2.75) is 51.8 Å². The normalized spacial score (nSPS) is 16.8. The molecule has 1 saturated carbocycles. The van der Waals surface area contributed by atoms with Crippen molar-refractivity contribution in [2.24, 2.45) is 0 Å². The van der Waals surface area contributed by atoms with Gasteiger partial charge in [0.2, 0.25) is 0 Å². The lowest BCUT2D eigenvalue weighted by Crippen LogP contribution is -2.11. The highest BCUT2D eigenvalue weighted by Gasteiger charge is 2.27. The van der Waals surface area contributed by atoms with E-state index < -0.39 is 6.10 Å². The van der Waals surface area contributed by atoms with Crippen LogP contribution in [0.25, 0.3) is 0 Å². The van der Waals surface area contributed by atoms with Gasteiger partial charge in [-0.05, 0) is 32.8 Å². The zero-order chi connectivity index (χ0) is 13.4. The number of nitrogens with zero attached hydrogens (tertiary/aromatic N) is 4. The van der Waals surface area contributed by atoms with Crippen LogP contribution in [0.3, 0.4) is 0 Å². The molecular weight excluding hydrogens is 240 g/mol. The van der Waals surface area contributed by atoms with Gasteiger partial charge in [0, 0.05) is 24.7 Å². The Labute approximate surface area is 112 Å². The summed E-state index contributed by atoms with van der Waals surface area (Å²) >= 11 is 0. The average Bonchev–Trinajstić information content (AvgIpc) is 3.00. The molecule has 0 aliphatic heterocycles. The first-order valence-corrected chi connectivity index (χ1v) is 6.92. The number of hydrogen-bond donors (Lipinski definition) is 1. The highest BCUT2D eigenvalue weighted by Crippen LogP contribution is 2.37. The van der Waals surface area contributed by atoms with E-state index in [0.717, 1.165) is 23.6 Å². The number of aliphatic hydroxyl groups excluding tert-OH is 1. The fourth-order valence-electron chi connectivity index (χ4n) is 2.57. The quantitative estimate of drug-likeness (QED) is 0.894. The molecule has 0 bridgehead atoms. The van der Waals surface area contributed by atoms with E-state index in [4.69, 9.17) is 0 Å². The molecular formula is C14H20N4O. The van der Waals surface area contributed by atoms with E-state index in [1.165, 1.54) is 12.8 Å². The Kier molecular flexibility index (Phi) is 3.14. The highest BCUT2D eigenvalue weighted by molar-refractivity contribution is 5.14. The number of aromatic nitrogens is 4. The van der Waals surface area contributed by atoms with Crippen molar-refractivity contribution in [3.63, 3.8) is 0 Å². The Morgan fingerprint density at radius 1 is 1.47 bits per heavy atom. The highest BCUT2D eigenvalue weighted by atomic mass is 16.3. The van der Waals surface area contributed by atoms with Crippen LogP contribution in [0.5, 0.6) is 0 Å². The molecule has 1 aliphatic carbocycles. The van der Waals surface area contributed by atoms with Gasteiger partial charge in [-0.25, -0.2) is 4.98 Å². The van der Waals surface area contributed by atoms with Gasteiger partial charge in [-0.3, -0.25) is 4.68 Å². The molecule has 3 rings (SSSR count). The number of hydrogen-bond acceptors (Lipinski definition) is 3. The number of aliphatic hydroxyl groups is 1. The van der Waals surface area contributed by atoms with E-state index in [1.54, 1.807) is 6.20 Å². The van der Waals surface area contributed by atoms with E-state index in [-0.39, 0.29) is 0 Å². The maximum absolute atomic E-state index is 10.4. The lowest BCUT2D eigenvalue weighted by molar-refractivity contribution is 0.165. The van der Waals surface area contributed by atoms with Crippen molar-refractivity contribution in [3.8, 4) is 0 Å². The molecule has 0 radical (unpaired) electrons. The summed E-state index contributed by atoms with van der Waals surface area (Å²) in [6.45, 7) is 4.88. The van der Waals surface area contributed by atoms with Crippen LogP contribution in [0.4, 0.5) is 0 Å². The predicted molar refractivity (Wildman–Crippen MR) is 71.8 cm³/mol. The smallest absolute Gasteiger partial charge is 0.101 e. The lowest BCUT2D eigenvalue weighted by atomic mass is 10.1. The zero-order valence-corrected chi connectivity index (χ0v) is 11.5. The van der Waals surface area contributed by atoms with Crippen LogP contribution in [0, 0.1) is 6.92 Å². The van der Waals surface area contributed by atoms with Gasteiger partial charge in [0.15, 0.2) is 0 Å². The average molecular weight is 260 g/mol. The molecule has 2 heterocycles. The summed E-state index contributed by atoms with van der Waals surface area (Å²) in [6.07, 6.45) is 6.09. The van der Waals surface area contributed by atoms with E-state index >= 15 is 0 Å². The number of imidazole rings is 1. The molecule has 0 saturated heterocycles. The van der Waals surface area contributed by atoms with Gasteiger partial charge in [0.05, 0.1) is 23.9 Å². The van der Waals surface area contributed by atoms with E-state index in [1.807, 2.05) is 24.0 Å². The molecule has 5 nitrogen and oxygen atoms in total. The number of rotatable bonds is 5. The molecule has 1 N–H and O–H groups in total. The van der Waals surface area contributed by atoms with Gasteiger partial charge in [-0.1, -0.05) is 0 Å². The first-order valence-electron chi connectivity index (χ1n) is 6.92. The second-order valence-corrected chi connectivity index (χ2v) is 5.27. The fourth-order valence-corrected chi connectivity index (χ4v) is 2.57. The minimum Gasteiger partial charge on any atom is -0.386 e. The van der Waals surface area contributed by atoms with Gasteiger partial charge in [-0.2, -0.15) is 5.10 Å². The minimum absolute atomic E-state index is 0.510. The topological polar surface area (TPSA) is 55.9 Å². The predicted octanol–water partition coefficient (Wildman–Crippen LogP) is 2.02. The monoisotopic (exact) mass is 260 g/mol. The van der Waals surface area contributed by atoms with Gasteiger partial charge < -0.3 is 9.67 Å². The van der Waals surface area contributed by atoms with Crippen LogP contribution >= 0.6 is 0 Å². The summed E-state index contributed by atoms with van der Waals surface area (Å²) in [5, 5.41) is 14.9. The molecule has 1 fully saturated rings. The first-order chi connectivity index (χ1) is 9.19. The fraction of sp³-hybridized carbons (Fsp3) is 0.571. The summed E-state index contributed by atoms with van der Waals surface area (Å²) in [5.74, 6) is 0. The summed E-state index contributed by atoms with van der Waals surface area (Å²) in [4.78, 5) is 4.17. The molecule has 0 spiro atoms. The molecule has 19 heavy (non-hydrogen) atoms. The Balaban J connectivity index is 1.80. The van der Waals surface area contributed by atoms with Crippen molar-refractivity contribution >= 4 is 0 Å². The summed E-state index contributed by atoms with van der Waals surface area (Å²) in [6, 6.07) is 2.59. The van der Waals surface area contributed by atoms with Crippen LogP contribution in [-0.2, 0) is 13.0 Å². The van der Waals surface area contributed by atoms with Gasteiger partial charge in [0.1, 0.15) is 6.10 Å². The maximum atomic E-state index is 10.4. The van der Waals surface area contributed by atoms with Crippen LogP contribution < -0.4 is 0 Å². The molecule has 1 unspecified atom stereocenters. The Bertz CT molecular complexity index is 568. The minimum atomic E-state index is -0.510. The van der Waals surface area contributed by atoms with Gasteiger partial charge in [-0.15, -0.1) is 0 Å². The molecule has 0 aromatic carbocycles. The van der Waals surface area contributed by atoms with Crippen molar-refractivity contribution in [1.82, 2.24) is 19.3 Å². The Morgan fingerprint density at radius 2 is 2.26 bits per heavy atom. The van der Waals surface area contributed by atoms with Crippen molar-refractivity contribution < 1.29 is 5.11 Å². The largest absolute Gasteiger partial charge is 0.386 e. The molecule has 1 atom stereocenters. The number of aryl methyl sites for hydroxylation is 2. The lowest BCUT2D eigenvalue weighted by Gasteiger charge is -2.14. The van der Waals surface area contributed by atoms with Crippen molar-refractivity contribution in [3.05, 3.63) is 35.7 Å². The SMILES string of the molecule is CCn1nc(C)cc1CC(O)c1cncn1C1CC1. The summed E-state index contributed by atoms with van der Waals surface area (Å²) < 4.78 is 4.07. The van der Waals surface area contributed by atoms with E-state index in [0.29, 0.717) is 12.5 Å². The van der Waals surface area contributed by atoms with Crippen LogP contribution in [0.1, 0.15) is 49.0 Å². The molecule has 1 aliphatic rings. The Hall–Kier alpha value is -1.62.